The van der Waals surface area contributed by atoms with Gasteiger partial charge in [-0.25, -0.2) is 9.97 Å². The fraction of sp³-hybridized carbons (Fsp3) is 0.733. The van der Waals surface area contributed by atoms with Gasteiger partial charge in [0.2, 0.25) is 0 Å². The Balaban J connectivity index is 2.20. The molecule has 3 nitrogen and oxygen atoms in total. The lowest BCUT2D eigenvalue weighted by molar-refractivity contribution is 0.312. The number of anilines is 1. The number of halogens is 1. The summed E-state index contributed by atoms with van der Waals surface area (Å²) in [6, 6.07) is 0. The van der Waals surface area contributed by atoms with Crippen molar-refractivity contribution in [1.82, 2.24) is 9.97 Å². The smallest absolute Gasteiger partial charge is 0.143 e. The Morgan fingerprint density at radius 3 is 2.37 bits per heavy atom. The van der Waals surface area contributed by atoms with Crippen LogP contribution in [0, 0.1) is 9.49 Å². The zero-order valence-electron chi connectivity index (χ0n) is 12.2. The first kappa shape index (κ1) is 15.0. The molecule has 0 unspecified atom stereocenters. The van der Waals surface area contributed by atoms with Crippen molar-refractivity contribution in [2.45, 2.75) is 58.3 Å². The van der Waals surface area contributed by atoms with E-state index in [-0.39, 0.29) is 0 Å². The van der Waals surface area contributed by atoms with Crippen molar-refractivity contribution in [2.24, 2.45) is 5.92 Å². The average Bonchev–Trinajstić information content (AvgIpc) is 2.47. The van der Waals surface area contributed by atoms with E-state index in [1.54, 1.807) is 0 Å². The second-order valence-electron chi connectivity index (χ2n) is 5.42. The van der Waals surface area contributed by atoms with Gasteiger partial charge in [-0.3, -0.25) is 0 Å². The normalized spacial score (nSPS) is 23.4. The van der Waals surface area contributed by atoms with Crippen LogP contribution < -0.4 is 5.32 Å². The Morgan fingerprint density at radius 1 is 1.16 bits per heavy atom. The monoisotopic (exact) mass is 373 g/mol. The summed E-state index contributed by atoms with van der Waals surface area (Å²) < 4.78 is 1.17. The summed E-state index contributed by atoms with van der Waals surface area (Å²) >= 11 is 2.35. The van der Waals surface area contributed by atoms with Crippen molar-refractivity contribution < 1.29 is 0 Å². The summed E-state index contributed by atoms with van der Waals surface area (Å²) in [5, 5.41) is 3.21. The van der Waals surface area contributed by atoms with Gasteiger partial charge in [0.05, 0.1) is 9.26 Å². The summed E-state index contributed by atoms with van der Waals surface area (Å²) in [4.78, 5) is 9.56. The first-order chi connectivity index (χ1) is 9.19. The molecule has 1 aliphatic rings. The molecule has 1 aromatic rings. The van der Waals surface area contributed by atoms with Crippen molar-refractivity contribution in [2.75, 3.05) is 12.4 Å². The van der Waals surface area contributed by atoms with E-state index in [0.29, 0.717) is 5.92 Å². The van der Waals surface area contributed by atoms with Crippen LogP contribution >= 0.6 is 22.6 Å². The number of aryl methyl sites for hydroxylation is 1. The first-order valence-electron chi connectivity index (χ1n) is 7.43. The van der Waals surface area contributed by atoms with Gasteiger partial charge in [0.25, 0.3) is 0 Å². The summed E-state index contributed by atoms with van der Waals surface area (Å²) in [5.74, 6) is 3.56. The standard InChI is InChI=1S/C15H24IN3/c1-4-10-6-8-11(9-7-10)14-18-12(5-2)13(16)15(17-3)19-14/h10-11H,4-9H2,1-3H3,(H,17,18,19). The van der Waals surface area contributed by atoms with E-state index in [9.17, 15) is 0 Å². The van der Waals surface area contributed by atoms with Crippen LogP contribution in [-0.2, 0) is 6.42 Å². The Hall–Kier alpha value is -0.390. The highest BCUT2D eigenvalue weighted by molar-refractivity contribution is 14.1. The molecular formula is C15H24IN3. The first-order valence-corrected chi connectivity index (χ1v) is 8.51. The highest BCUT2D eigenvalue weighted by Crippen LogP contribution is 2.36. The maximum absolute atomic E-state index is 4.82. The van der Waals surface area contributed by atoms with E-state index in [4.69, 9.17) is 9.97 Å². The summed E-state index contributed by atoms with van der Waals surface area (Å²) in [5.41, 5.74) is 1.19. The van der Waals surface area contributed by atoms with Crippen LogP contribution in [0.25, 0.3) is 0 Å². The highest BCUT2D eigenvalue weighted by Gasteiger charge is 2.24. The minimum atomic E-state index is 0.567. The summed E-state index contributed by atoms with van der Waals surface area (Å²) in [6.07, 6.45) is 7.49. The molecule has 0 bridgehead atoms. The number of aromatic nitrogens is 2. The summed E-state index contributed by atoms with van der Waals surface area (Å²) in [6.45, 7) is 4.47. The SMILES string of the molecule is CCc1nc(C2CCC(CC)CC2)nc(NC)c1I. The maximum atomic E-state index is 4.82. The minimum absolute atomic E-state index is 0.567. The van der Waals surface area contributed by atoms with Crippen LogP contribution in [0.4, 0.5) is 5.82 Å². The predicted molar refractivity (Wildman–Crippen MR) is 88.7 cm³/mol. The number of nitrogens with zero attached hydrogens (tertiary/aromatic N) is 2. The van der Waals surface area contributed by atoms with E-state index >= 15 is 0 Å². The zero-order chi connectivity index (χ0) is 13.8. The van der Waals surface area contributed by atoms with Gasteiger partial charge in [0.1, 0.15) is 11.6 Å². The fourth-order valence-electron chi connectivity index (χ4n) is 2.92. The molecular weight excluding hydrogens is 349 g/mol. The third-order valence-corrected chi connectivity index (χ3v) is 5.43. The van der Waals surface area contributed by atoms with E-state index in [2.05, 4.69) is 41.8 Å². The second-order valence-corrected chi connectivity index (χ2v) is 6.50. The maximum Gasteiger partial charge on any atom is 0.143 e. The number of hydrogen-bond acceptors (Lipinski definition) is 3. The van der Waals surface area contributed by atoms with E-state index < -0.39 is 0 Å². The van der Waals surface area contributed by atoms with Gasteiger partial charge in [-0.1, -0.05) is 20.3 Å². The van der Waals surface area contributed by atoms with E-state index in [1.807, 2.05) is 7.05 Å². The van der Waals surface area contributed by atoms with Crippen molar-refractivity contribution >= 4 is 28.4 Å². The summed E-state index contributed by atoms with van der Waals surface area (Å²) in [7, 11) is 1.95. The molecule has 19 heavy (non-hydrogen) atoms. The lowest BCUT2D eigenvalue weighted by Gasteiger charge is -2.27. The van der Waals surface area contributed by atoms with Crippen LogP contribution in [0.15, 0.2) is 0 Å². The van der Waals surface area contributed by atoms with Crippen molar-refractivity contribution in [3.63, 3.8) is 0 Å². The van der Waals surface area contributed by atoms with Gasteiger partial charge >= 0.3 is 0 Å². The molecule has 0 saturated heterocycles. The van der Waals surface area contributed by atoms with E-state index in [0.717, 1.165) is 24.0 Å². The van der Waals surface area contributed by atoms with Crippen molar-refractivity contribution in [3.8, 4) is 0 Å². The molecule has 1 N–H and O–H groups in total. The Labute approximate surface area is 130 Å². The third-order valence-electron chi connectivity index (χ3n) is 4.30. The molecule has 1 heterocycles. The molecule has 106 valence electrons. The Morgan fingerprint density at radius 2 is 1.84 bits per heavy atom. The largest absolute Gasteiger partial charge is 0.372 e. The van der Waals surface area contributed by atoms with Gasteiger partial charge in [0, 0.05) is 13.0 Å². The Bertz CT molecular complexity index is 400. The quantitative estimate of drug-likeness (QED) is 0.797. The predicted octanol–water partition coefficient (Wildman–Crippen LogP) is 4.37. The van der Waals surface area contributed by atoms with Crippen LogP contribution in [-0.4, -0.2) is 17.0 Å². The average molecular weight is 373 g/mol. The van der Waals surface area contributed by atoms with Crippen LogP contribution in [0.1, 0.15) is 63.4 Å². The van der Waals surface area contributed by atoms with Gasteiger partial charge in [-0.15, -0.1) is 0 Å². The van der Waals surface area contributed by atoms with Gasteiger partial charge < -0.3 is 5.32 Å². The minimum Gasteiger partial charge on any atom is -0.372 e. The van der Waals surface area contributed by atoms with Crippen molar-refractivity contribution in [1.29, 1.82) is 0 Å². The van der Waals surface area contributed by atoms with Gasteiger partial charge in [-0.2, -0.15) is 0 Å². The molecule has 2 rings (SSSR count). The third kappa shape index (κ3) is 3.38. The van der Waals surface area contributed by atoms with Crippen LogP contribution in [0.5, 0.6) is 0 Å². The molecule has 0 aliphatic heterocycles. The number of rotatable bonds is 4. The van der Waals surface area contributed by atoms with Gasteiger partial charge in [0.15, 0.2) is 0 Å². The molecule has 1 aliphatic carbocycles. The lowest BCUT2D eigenvalue weighted by Crippen LogP contribution is -2.17. The Kier molecular flexibility index (Phi) is 5.42. The number of nitrogens with one attached hydrogen (secondary N) is 1. The number of hydrogen-bond donors (Lipinski definition) is 1. The highest BCUT2D eigenvalue weighted by atomic mass is 127. The molecule has 1 saturated carbocycles. The van der Waals surface area contributed by atoms with Crippen molar-refractivity contribution in [3.05, 3.63) is 15.1 Å². The van der Waals surface area contributed by atoms with Gasteiger partial charge in [-0.05, 0) is 60.6 Å². The lowest BCUT2D eigenvalue weighted by atomic mass is 9.80. The second kappa shape index (κ2) is 6.86. The molecule has 0 spiro atoms. The molecule has 1 fully saturated rings. The molecule has 4 heteroatoms. The molecule has 1 aromatic heterocycles. The topological polar surface area (TPSA) is 37.8 Å². The fourth-order valence-corrected chi connectivity index (χ4v) is 3.82. The molecule has 0 radical (unpaired) electrons. The molecule has 0 aromatic carbocycles. The zero-order valence-corrected chi connectivity index (χ0v) is 14.3. The molecule has 0 amide bonds. The van der Waals surface area contributed by atoms with Crippen LogP contribution in [0.2, 0.25) is 0 Å². The molecule has 0 atom stereocenters. The van der Waals surface area contributed by atoms with Crippen LogP contribution in [0.3, 0.4) is 0 Å². The van der Waals surface area contributed by atoms with E-state index in [1.165, 1.54) is 41.4 Å².